The molecule has 4 fully saturated rings. The van der Waals surface area contributed by atoms with Crippen LogP contribution in [0.4, 0.5) is 0 Å². The van der Waals surface area contributed by atoms with Gasteiger partial charge in [0.15, 0.2) is 0 Å². The fraction of sp³-hybridized carbons (Fsp3) is 0.719. The minimum Gasteiger partial charge on any atom is -0.465 e. The number of esters is 1. The van der Waals surface area contributed by atoms with Crippen molar-refractivity contribution in [3.63, 3.8) is 0 Å². The Morgan fingerprint density at radius 1 is 1.19 bits per heavy atom. The number of fused-ring (bicyclic) bond motifs is 1. The molecule has 3 N–H and O–H groups in total. The van der Waals surface area contributed by atoms with Gasteiger partial charge in [-0.25, -0.2) is 0 Å². The van der Waals surface area contributed by atoms with Crippen LogP contribution in [-0.4, -0.2) is 46.2 Å². The first-order chi connectivity index (χ1) is 17.6. The predicted molar refractivity (Wildman–Crippen MR) is 147 cm³/mol. The van der Waals surface area contributed by atoms with Crippen LogP contribution in [0.25, 0.3) is 0 Å². The average molecular weight is 513 g/mol. The first-order valence-electron chi connectivity index (χ1n) is 14.6. The van der Waals surface area contributed by atoms with Gasteiger partial charge in [0, 0.05) is 6.42 Å². The number of unbranched alkanes of at least 4 members (excludes halogenated alkanes) is 1. The largest absolute Gasteiger partial charge is 0.465 e. The Balaban J connectivity index is 1.42. The Labute approximate surface area is 223 Å². The lowest BCUT2D eigenvalue weighted by Gasteiger charge is -2.44. The lowest BCUT2D eigenvalue weighted by atomic mass is 9.61. The van der Waals surface area contributed by atoms with Crippen LogP contribution in [-0.2, 0) is 9.53 Å². The van der Waals surface area contributed by atoms with Gasteiger partial charge in [0.05, 0.1) is 30.3 Å². The van der Waals surface area contributed by atoms with Gasteiger partial charge < -0.3 is 20.1 Å². The molecular weight excluding hydrogens is 464 g/mol. The van der Waals surface area contributed by atoms with E-state index in [1.807, 2.05) is 6.08 Å². The molecule has 5 heteroatoms. The Kier molecular flexibility index (Phi) is 8.87. The van der Waals surface area contributed by atoms with Crippen molar-refractivity contribution < 1.29 is 24.9 Å². The number of carbonyl (C=O) groups excluding carboxylic acids is 1. The van der Waals surface area contributed by atoms with Crippen LogP contribution in [0.2, 0.25) is 0 Å². The summed E-state index contributed by atoms with van der Waals surface area (Å²) in [6, 6.07) is 0. The summed E-state index contributed by atoms with van der Waals surface area (Å²) < 4.78 is 5.44. The fourth-order valence-electron chi connectivity index (χ4n) is 7.42. The van der Waals surface area contributed by atoms with E-state index in [0.29, 0.717) is 50.0 Å². The predicted octanol–water partition coefficient (Wildman–Crippen LogP) is 5.80. The zero-order valence-corrected chi connectivity index (χ0v) is 23.1. The fourth-order valence-corrected chi connectivity index (χ4v) is 7.42. The molecule has 0 saturated heterocycles. The maximum Gasteiger partial charge on any atom is 0.315 e. The number of carbonyl (C=O) groups is 1. The number of rotatable bonds is 9. The van der Waals surface area contributed by atoms with E-state index in [1.54, 1.807) is 0 Å². The van der Waals surface area contributed by atoms with Gasteiger partial charge in [0.1, 0.15) is 0 Å². The summed E-state index contributed by atoms with van der Waals surface area (Å²) in [7, 11) is 0. The Morgan fingerprint density at radius 3 is 2.65 bits per heavy atom. The zero-order chi connectivity index (χ0) is 26.8. The minimum atomic E-state index is -0.781. The summed E-state index contributed by atoms with van der Waals surface area (Å²) in [5.41, 5.74) is 2.66. The number of allylic oxidation sites excluding steroid dienone is 4. The molecule has 7 atom stereocenters. The van der Waals surface area contributed by atoms with Crippen molar-refractivity contribution in [1.29, 1.82) is 0 Å². The van der Waals surface area contributed by atoms with Crippen LogP contribution in [0.5, 0.6) is 0 Å². The van der Waals surface area contributed by atoms with E-state index >= 15 is 0 Å². The SMILES string of the molecule is C=C1/C(=C\C=C2/CCC[C@]3(C)[C@@H]([C@H](C)/C=C/[C@@H](O)C4(C(=O)OCCCC)CC4)CC[C@@H]23)C[C@@H](O)C[C@@H]1O. The number of hydrogen-bond acceptors (Lipinski definition) is 5. The molecule has 0 unspecified atom stereocenters. The molecule has 0 aromatic heterocycles. The van der Waals surface area contributed by atoms with E-state index in [1.165, 1.54) is 12.0 Å². The van der Waals surface area contributed by atoms with Crippen molar-refractivity contribution >= 4 is 5.97 Å². The Bertz CT molecular complexity index is 941. The third kappa shape index (κ3) is 5.84. The summed E-state index contributed by atoms with van der Waals surface area (Å²) in [6.07, 6.45) is 16.4. The van der Waals surface area contributed by atoms with Gasteiger partial charge in [0.25, 0.3) is 0 Å². The molecular formula is C32H48O5. The van der Waals surface area contributed by atoms with E-state index in [2.05, 4.69) is 45.6 Å². The maximum atomic E-state index is 12.6. The van der Waals surface area contributed by atoms with E-state index in [-0.39, 0.29) is 11.4 Å². The molecule has 206 valence electrons. The molecule has 0 amide bonds. The molecule has 4 aliphatic carbocycles. The normalized spacial score (nSPS) is 37.1. The quantitative estimate of drug-likeness (QED) is 0.206. The zero-order valence-electron chi connectivity index (χ0n) is 23.1. The van der Waals surface area contributed by atoms with Gasteiger partial charge in [-0.15, -0.1) is 0 Å². The average Bonchev–Trinajstić information content (AvgIpc) is 3.60. The van der Waals surface area contributed by atoms with Crippen molar-refractivity contribution in [2.24, 2.45) is 28.6 Å². The molecule has 0 aromatic rings. The summed E-state index contributed by atoms with van der Waals surface area (Å²) >= 11 is 0. The highest BCUT2D eigenvalue weighted by atomic mass is 16.5. The third-order valence-electron chi connectivity index (χ3n) is 10.0. The van der Waals surface area contributed by atoms with Crippen molar-refractivity contribution in [2.45, 2.75) is 110 Å². The molecule has 37 heavy (non-hydrogen) atoms. The molecule has 0 spiro atoms. The van der Waals surface area contributed by atoms with E-state index in [4.69, 9.17) is 4.74 Å². The van der Waals surface area contributed by atoms with Crippen LogP contribution in [0.15, 0.2) is 47.6 Å². The van der Waals surface area contributed by atoms with Gasteiger partial charge in [-0.2, -0.15) is 0 Å². The second kappa shape index (κ2) is 11.6. The molecule has 4 saturated carbocycles. The minimum absolute atomic E-state index is 0.205. The van der Waals surface area contributed by atoms with Crippen LogP contribution in [0, 0.1) is 28.6 Å². The molecule has 0 bridgehead atoms. The van der Waals surface area contributed by atoms with E-state index in [9.17, 15) is 20.1 Å². The highest BCUT2D eigenvalue weighted by Gasteiger charge is 2.56. The van der Waals surface area contributed by atoms with Crippen molar-refractivity contribution in [3.05, 3.63) is 47.6 Å². The first kappa shape index (κ1) is 28.3. The molecule has 5 nitrogen and oxygen atoms in total. The first-order valence-corrected chi connectivity index (χ1v) is 14.6. The van der Waals surface area contributed by atoms with Gasteiger partial charge in [-0.05, 0) is 92.1 Å². The number of hydrogen-bond donors (Lipinski definition) is 3. The van der Waals surface area contributed by atoms with Gasteiger partial charge in [-0.1, -0.05) is 63.6 Å². The Hall–Kier alpha value is -1.69. The Morgan fingerprint density at radius 2 is 1.95 bits per heavy atom. The highest BCUT2D eigenvalue weighted by Crippen LogP contribution is 2.59. The lowest BCUT2D eigenvalue weighted by Crippen LogP contribution is -2.36. The van der Waals surface area contributed by atoms with E-state index < -0.39 is 23.7 Å². The van der Waals surface area contributed by atoms with Crippen LogP contribution in [0.3, 0.4) is 0 Å². The second-order valence-corrected chi connectivity index (χ2v) is 12.5. The van der Waals surface area contributed by atoms with Gasteiger partial charge in [0.2, 0.25) is 0 Å². The van der Waals surface area contributed by atoms with E-state index in [0.717, 1.165) is 49.7 Å². The number of aliphatic hydroxyl groups is 3. The van der Waals surface area contributed by atoms with Gasteiger partial charge in [-0.3, -0.25) is 4.79 Å². The summed E-state index contributed by atoms with van der Waals surface area (Å²) in [4.78, 5) is 12.6. The summed E-state index contributed by atoms with van der Waals surface area (Å²) in [5.74, 6) is 1.13. The summed E-state index contributed by atoms with van der Waals surface area (Å²) in [6.45, 7) is 11.3. The maximum absolute atomic E-state index is 12.6. The standard InChI is InChI=1S/C32H48O5/c1-5-6-18-37-30(36)32(16-17-32)29(35)14-9-21(2)26-12-13-27-23(8-7-15-31(26,27)4)10-11-24-19-25(33)20-28(34)22(24)3/h9-11,14,21,25-29,33-35H,3,5-8,12-13,15-20H2,1-2,4H3/b14-9+,23-10+,24-11-/t21-,25-,26-,27+,28+,29-,31-/m1/s1. The molecule has 4 rings (SSSR count). The third-order valence-corrected chi connectivity index (χ3v) is 10.0. The second-order valence-electron chi connectivity index (χ2n) is 12.5. The van der Waals surface area contributed by atoms with Crippen molar-refractivity contribution in [3.8, 4) is 0 Å². The number of aliphatic hydroxyl groups excluding tert-OH is 3. The van der Waals surface area contributed by atoms with Crippen LogP contribution >= 0.6 is 0 Å². The van der Waals surface area contributed by atoms with Crippen molar-refractivity contribution in [1.82, 2.24) is 0 Å². The monoisotopic (exact) mass is 512 g/mol. The van der Waals surface area contributed by atoms with Crippen molar-refractivity contribution in [2.75, 3.05) is 6.61 Å². The topological polar surface area (TPSA) is 87.0 Å². The van der Waals surface area contributed by atoms with Crippen LogP contribution in [0.1, 0.15) is 91.4 Å². The molecule has 0 aromatic carbocycles. The molecule has 0 radical (unpaired) electrons. The lowest BCUT2D eigenvalue weighted by molar-refractivity contribution is -0.153. The smallest absolute Gasteiger partial charge is 0.315 e. The number of ether oxygens (including phenoxy) is 1. The summed E-state index contributed by atoms with van der Waals surface area (Å²) in [5, 5.41) is 31.2. The van der Waals surface area contributed by atoms with Gasteiger partial charge >= 0.3 is 5.97 Å². The molecule has 0 aliphatic heterocycles. The molecule has 4 aliphatic rings. The molecule has 0 heterocycles. The van der Waals surface area contributed by atoms with Crippen LogP contribution < -0.4 is 0 Å². The highest BCUT2D eigenvalue weighted by molar-refractivity contribution is 5.81.